The molecule has 0 spiro atoms. The Labute approximate surface area is 109 Å². The topological polar surface area (TPSA) is 81.4 Å². The third kappa shape index (κ3) is 5.49. The van der Waals surface area contributed by atoms with E-state index in [0.717, 1.165) is 6.42 Å². The van der Waals surface area contributed by atoms with Crippen LogP contribution in [0.5, 0.6) is 0 Å². The van der Waals surface area contributed by atoms with Crippen LogP contribution in [0, 0.1) is 11.8 Å². The van der Waals surface area contributed by atoms with Crippen molar-refractivity contribution in [2.24, 2.45) is 17.6 Å². The van der Waals surface area contributed by atoms with E-state index in [2.05, 4.69) is 10.1 Å². The van der Waals surface area contributed by atoms with E-state index >= 15 is 0 Å². The predicted molar refractivity (Wildman–Crippen MR) is 70.8 cm³/mol. The van der Waals surface area contributed by atoms with Crippen molar-refractivity contribution < 1.29 is 14.3 Å². The molecular weight excluding hydrogens is 232 g/mol. The quantitative estimate of drug-likeness (QED) is 0.669. The second-order valence-corrected chi connectivity index (χ2v) is 5.13. The van der Waals surface area contributed by atoms with Crippen molar-refractivity contribution in [1.82, 2.24) is 5.32 Å². The van der Waals surface area contributed by atoms with Crippen LogP contribution in [-0.4, -0.2) is 31.1 Å². The van der Waals surface area contributed by atoms with Gasteiger partial charge in [-0.15, -0.1) is 0 Å². The van der Waals surface area contributed by atoms with Crippen LogP contribution in [0.1, 0.15) is 40.5 Å². The Kier molecular flexibility index (Phi) is 7.59. The van der Waals surface area contributed by atoms with Gasteiger partial charge in [-0.3, -0.25) is 4.79 Å². The predicted octanol–water partition coefficient (Wildman–Crippen LogP) is 1.06. The molecule has 0 aliphatic carbocycles. The Balaban J connectivity index is 4.57. The highest BCUT2D eigenvalue weighted by molar-refractivity contribution is 5.87. The molecule has 0 radical (unpaired) electrons. The van der Waals surface area contributed by atoms with Gasteiger partial charge in [0.25, 0.3) is 0 Å². The van der Waals surface area contributed by atoms with Gasteiger partial charge in [-0.2, -0.15) is 0 Å². The molecule has 0 heterocycles. The molecule has 0 aromatic rings. The zero-order valence-corrected chi connectivity index (χ0v) is 12.0. The van der Waals surface area contributed by atoms with Crippen molar-refractivity contribution in [3.05, 3.63) is 0 Å². The molecule has 0 aromatic carbocycles. The molecule has 5 heteroatoms. The molecular formula is C13H26N2O3. The number of esters is 1. The summed E-state index contributed by atoms with van der Waals surface area (Å²) < 4.78 is 4.69. The zero-order valence-electron chi connectivity index (χ0n) is 12.0. The maximum absolute atomic E-state index is 11.9. The van der Waals surface area contributed by atoms with Crippen LogP contribution >= 0.6 is 0 Å². The summed E-state index contributed by atoms with van der Waals surface area (Å²) >= 11 is 0. The van der Waals surface area contributed by atoms with Crippen LogP contribution < -0.4 is 11.1 Å². The molecule has 0 fully saturated rings. The van der Waals surface area contributed by atoms with E-state index in [9.17, 15) is 9.59 Å². The van der Waals surface area contributed by atoms with E-state index in [1.54, 1.807) is 0 Å². The number of nitrogens with one attached hydrogen (secondary N) is 1. The third-order valence-corrected chi connectivity index (χ3v) is 3.07. The van der Waals surface area contributed by atoms with E-state index in [1.165, 1.54) is 7.11 Å². The molecule has 106 valence electrons. The van der Waals surface area contributed by atoms with Crippen LogP contribution in [0.3, 0.4) is 0 Å². The lowest BCUT2D eigenvalue weighted by Crippen LogP contribution is -2.51. The summed E-state index contributed by atoms with van der Waals surface area (Å²) in [6.45, 7) is 7.86. The smallest absolute Gasteiger partial charge is 0.328 e. The third-order valence-electron chi connectivity index (χ3n) is 3.07. The van der Waals surface area contributed by atoms with Crippen LogP contribution in [0.4, 0.5) is 0 Å². The minimum atomic E-state index is -0.613. The average molecular weight is 258 g/mol. The number of methoxy groups -OCH3 is 1. The second kappa shape index (κ2) is 8.08. The fraction of sp³-hybridized carbons (Fsp3) is 0.846. The Morgan fingerprint density at radius 1 is 1.28 bits per heavy atom. The van der Waals surface area contributed by atoms with Crippen molar-refractivity contribution >= 4 is 11.9 Å². The summed E-state index contributed by atoms with van der Waals surface area (Å²) in [5, 5.41) is 2.68. The molecule has 0 saturated carbocycles. The van der Waals surface area contributed by atoms with Gasteiger partial charge in [0.15, 0.2) is 0 Å². The highest BCUT2D eigenvalue weighted by atomic mass is 16.5. The molecule has 1 amide bonds. The van der Waals surface area contributed by atoms with Crippen LogP contribution in [-0.2, 0) is 14.3 Å². The maximum atomic E-state index is 11.9. The van der Waals surface area contributed by atoms with Crippen molar-refractivity contribution in [2.45, 2.75) is 52.6 Å². The van der Waals surface area contributed by atoms with Crippen LogP contribution in [0.2, 0.25) is 0 Å². The number of hydrogen-bond acceptors (Lipinski definition) is 4. The Morgan fingerprint density at radius 2 is 1.83 bits per heavy atom. The lowest BCUT2D eigenvalue weighted by molar-refractivity contribution is -0.145. The van der Waals surface area contributed by atoms with Gasteiger partial charge in [0.05, 0.1) is 13.2 Å². The molecule has 0 saturated heterocycles. The monoisotopic (exact) mass is 258 g/mol. The fourth-order valence-corrected chi connectivity index (χ4v) is 1.61. The maximum Gasteiger partial charge on any atom is 0.328 e. The highest BCUT2D eigenvalue weighted by Gasteiger charge is 2.26. The SMILES string of the molecule is CCC(C)C(N)C(=O)N[C@@H](CC(C)C)C(=O)OC. The van der Waals surface area contributed by atoms with Gasteiger partial charge in [-0.25, -0.2) is 4.79 Å². The first-order chi connectivity index (χ1) is 8.33. The molecule has 0 aromatic heterocycles. The fourth-order valence-electron chi connectivity index (χ4n) is 1.61. The number of hydrogen-bond donors (Lipinski definition) is 2. The Hall–Kier alpha value is -1.10. The summed E-state index contributed by atoms with van der Waals surface area (Å²) in [7, 11) is 1.32. The number of carbonyl (C=O) groups is 2. The molecule has 2 unspecified atom stereocenters. The van der Waals surface area contributed by atoms with Gasteiger partial charge >= 0.3 is 5.97 Å². The average Bonchev–Trinajstić information content (AvgIpc) is 2.34. The van der Waals surface area contributed by atoms with Gasteiger partial charge in [-0.05, 0) is 18.3 Å². The van der Waals surface area contributed by atoms with Gasteiger partial charge in [0, 0.05) is 0 Å². The van der Waals surface area contributed by atoms with E-state index < -0.39 is 18.1 Å². The summed E-state index contributed by atoms with van der Waals surface area (Å²) in [6.07, 6.45) is 1.37. The molecule has 5 nitrogen and oxygen atoms in total. The number of carbonyl (C=O) groups excluding carboxylic acids is 2. The first kappa shape index (κ1) is 16.9. The van der Waals surface area contributed by atoms with Crippen molar-refractivity contribution in [3.8, 4) is 0 Å². The molecule has 0 rings (SSSR count). The Morgan fingerprint density at radius 3 is 2.22 bits per heavy atom. The minimum absolute atomic E-state index is 0.0855. The summed E-state index contributed by atoms with van der Waals surface area (Å²) in [5.41, 5.74) is 5.83. The standard InChI is InChI=1S/C13H26N2O3/c1-6-9(4)11(14)12(16)15-10(7-8(2)3)13(17)18-5/h8-11H,6-7,14H2,1-5H3,(H,15,16)/t9?,10-,11?/m0/s1. The number of amides is 1. The lowest BCUT2D eigenvalue weighted by atomic mass is 9.98. The molecule has 0 aliphatic heterocycles. The van der Waals surface area contributed by atoms with Gasteiger partial charge in [-0.1, -0.05) is 34.1 Å². The van der Waals surface area contributed by atoms with Crippen LogP contribution in [0.15, 0.2) is 0 Å². The van der Waals surface area contributed by atoms with Crippen molar-refractivity contribution in [3.63, 3.8) is 0 Å². The minimum Gasteiger partial charge on any atom is -0.467 e. The first-order valence-electron chi connectivity index (χ1n) is 6.47. The number of rotatable bonds is 7. The molecule has 0 aliphatic rings. The first-order valence-corrected chi connectivity index (χ1v) is 6.47. The Bertz CT molecular complexity index is 279. The van der Waals surface area contributed by atoms with Gasteiger partial charge in [0.2, 0.25) is 5.91 Å². The lowest BCUT2D eigenvalue weighted by Gasteiger charge is -2.23. The molecule has 0 bridgehead atoms. The summed E-state index contributed by atoms with van der Waals surface area (Å²) in [4.78, 5) is 23.5. The second-order valence-electron chi connectivity index (χ2n) is 5.13. The van der Waals surface area contributed by atoms with E-state index in [1.807, 2.05) is 27.7 Å². The molecule has 18 heavy (non-hydrogen) atoms. The van der Waals surface area contributed by atoms with Gasteiger partial charge in [0.1, 0.15) is 6.04 Å². The van der Waals surface area contributed by atoms with Crippen molar-refractivity contribution in [1.29, 1.82) is 0 Å². The highest BCUT2D eigenvalue weighted by Crippen LogP contribution is 2.09. The normalized spacial score (nSPS) is 15.9. The van der Waals surface area contributed by atoms with E-state index in [0.29, 0.717) is 6.42 Å². The van der Waals surface area contributed by atoms with E-state index in [4.69, 9.17) is 5.73 Å². The van der Waals surface area contributed by atoms with Crippen molar-refractivity contribution in [2.75, 3.05) is 7.11 Å². The van der Waals surface area contributed by atoms with Gasteiger partial charge < -0.3 is 15.8 Å². The van der Waals surface area contributed by atoms with Crippen LogP contribution in [0.25, 0.3) is 0 Å². The number of ether oxygens (including phenoxy) is 1. The molecule has 3 atom stereocenters. The zero-order chi connectivity index (χ0) is 14.3. The largest absolute Gasteiger partial charge is 0.467 e. The summed E-state index contributed by atoms with van der Waals surface area (Å²) in [6, 6.07) is -1.20. The number of nitrogens with two attached hydrogens (primary N) is 1. The molecule has 3 N–H and O–H groups in total. The van der Waals surface area contributed by atoms with E-state index in [-0.39, 0.29) is 17.7 Å². The summed E-state index contributed by atoms with van der Waals surface area (Å²) in [5.74, 6) is -0.342.